The van der Waals surface area contributed by atoms with E-state index in [1.807, 2.05) is 0 Å². The van der Waals surface area contributed by atoms with Crippen LogP contribution in [-0.2, 0) is 28.6 Å². The van der Waals surface area contributed by atoms with Gasteiger partial charge in [-0.3, -0.25) is 14.4 Å². The van der Waals surface area contributed by atoms with Gasteiger partial charge in [-0.2, -0.15) is 0 Å². The Morgan fingerprint density at radius 2 is 0.493 bits per heavy atom. The van der Waals surface area contributed by atoms with Crippen molar-refractivity contribution >= 4 is 17.9 Å². The summed E-state index contributed by atoms with van der Waals surface area (Å²) in [4.78, 5) is 38.1. The zero-order valence-corrected chi connectivity index (χ0v) is 48.0. The van der Waals surface area contributed by atoms with E-state index in [4.69, 9.17) is 14.2 Å². The lowest BCUT2D eigenvalue weighted by atomic mass is 10.0. The third-order valence-electron chi connectivity index (χ3n) is 14.4. The van der Waals surface area contributed by atoms with Gasteiger partial charge in [0, 0.05) is 19.3 Å². The van der Waals surface area contributed by atoms with E-state index in [1.54, 1.807) is 0 Å². The van der Waals surface area contributed by atoms with Crippen molar-refractivity contribution in [3.05, 3.63) is 24.3 Å². The van der Waals surface area contributed by atoms with Crippen LogP contribution < -0.4 is 0 Å². The molecule has 0 saturated heterocycles. The maximum absolute atomic E-state index is 12.8. The summed E-state index contributed by atoms with van der Waals surface area (Å²) in [7, 11) is 0. The number of carbonyl (C=O) groups excluding carboxylic acids is 3. The number of unbranched alkanes of at least 4 members (excludes halogenated alkanes) is 44. The van der Waals surface area contributed by atoms with Crippen molar-refractivity contribution in [1.29, 1.82) is 0 Å². The molecule has 6 heteroatoms. The monoisotopic (exact) mass is 999 g/mol. The number of hydrogen-bond acceptors (Lipinski definition) is 6. The predicted molar refractivity (Wildman–Crippen MR) is 307 cm³/mol. The Morgan fingerprint density at radius 1 is 0.268 bits per heavy atom. The second-order valence-corrected chi connectivity index (χ2v) is 21.7. The molecule has 418 valence electrons. The van der Waals surface area contributed by atoms with Crippen molar-refractivity contribution in [3.8, 4) is 0 Å². The van der Waals surface area contributed by atoms with E-state index in [9.17, 15) is 14.4 Å². The van der Waals surface area contributed by atoms with Gasteiger partial charge in [-0.15, -0.1) is 0 Å². The highest BCUT2D eigenvalue weighted by Gasteiger charge is 2.19. The van der Waals surface area contributed by atoms with E-state index in [0.717, 1.165) is 70.6 Å². The first-order chi connectivity index (χ1) is 35.0. The Morgan fingerprint density at radius 3 is 0.761 bits per heavy atom. The third-order valence-corrected chi connectivity index (χ3v) is 14.4. The van der Waals surface area contributed by atoms with Crippen molar-refractivity contribution in [2.24, 2.45) is 0 Å². The molecule has 1 atom stereocenters. The minimum atomic E-state index is -0.768. The van der Waals surface area contributed by atoms with Gasteiger partial charge >= 0.3 is 17.9 Å². The average Bonchev–Trinajstić information content (AvgIpc) is 3.37. The first-order valence-corrected chi connectivity index (χ1v) is 31.8. The van der Waals surface area contributed by atoms with Crippen LogP contribution in [0.25, 0.3) is 0 Å². The molecule has 0 heterocycles. The molecule has 0 aliphatic rings. The predicted octanol–water partition coefficient (Wildman–Crippen LogP) is 21.4. The zero-order valence-electron chi connectivity index (χ0n) is 48.0. The SMILES string of the molecule is CCC/C=C\CCCCCCCC(=O)OCC(COC(=O)CCCCCCCCCCCCCCCCCCCCC/C=C\CCCCCCCCCC)OC(=O)CCCCCCCCCCCCCC. The highest BCUT2D eigenvalue weighted by atomic mass is 16.6. The fourth-order valence-electron chi connectivity index (χ4n) is 9.62. The van der Waals surface area contributed by atoms with Crippen molar-refractivity contribution in [2.75, 3.05) is 13.2 Å². The molecule has 0 amide bonds. The van der Waals surface area contributed by atoms with Crippen LogP contribution in [0.1, 0.15) is 355 Å². The number of esters is 3. The molecule has 0 N–H and O–H groups in total. The molecule has 71 heavy (non-hydrogen) atoms. The molecular formula is C65H122O6. The highest BCUT2D eigenvalue weighted by molar-refractivity contribution is 5.71. The van der Waals surface area contributed by atoms with E-state index in [1.165, 1.54) is 244 Å². The topological polar surface area (TPSA) is 78.9 Å². The molecule has 1 unspecified atom stereocenters. The first kappa shape index (κ1) is 68.9. The third kappa shape index (κ3) is 58.7. The maximum Gasteiger partial charge on any atom is 0.306 e. The molecule has 0 aliphatic carbocycles. The molecule has 0 aromatic rings. The average molecular weight is 1000 g/mol. The first-order valence-electron chi connectivity index (χ1n) is 31.8. The summed E-state index contributed by atoms with van der Waals surface area (Å²) in [5, 5.41) is 0. The lowest BCUT2D eigenvalue weighted by Crippen LogP contribution is -2.30. The molecule has 0 radical (unpaired) electrons. The summed E-state index contributed by atoms with van der Waals surface area (Å²) in [6.45, 7) is 6.62. The van der Waals surface area contributed by atoms with Crippen LogP contribution in [0.4, 0.5) is 0 Å². The second kappa shape index (κ2) is 60.4. The number of ether oxygens (including phenoxy) is 3. The standard InChI is InChI=1S/C65H122O6/c1-4-7-10-13-16-19-22-24-25-26-27-28-29-30-31-32-33-34-35-36-37-38-39-40-41-42-44-46-49-52-55-58-64(67)70-61-62(60-69-63(66)57-54-51-48-45-21-18-15-12-9-6-3)71-65(68)59-56-53-50-47-43-23-20-17-14-11-8-5-2/h12,15,26-27,62H,4-11,13-14,16-25,28-61H2,1-3H3/b15-12-,27-26-. The fraction of sp³-hybridized carbons (Fsp3) is 0.892. The van der Waals surface area contributed by atoms with Gasteiger partial charge in [-0.25, -0.2) is 0 Å². The zero-order chi connectivity index (χ0) is 51.4. The van der Waals surface area contributed by atoms with Crippen molar-refractivity contribution < 1.29 is 28.6 Å². The smallest absolute Gasteiger partial charge is 0.306 e. The van der Waals surface area contributed by atoms with Crippen LogP contribution in [0.15, 0.2) is 24.3 Å². The molecule has 0 spiro atoms. The molecule has 0 aromatic heterocycles. The van der Waals surface area contributed by atoms with Crippen LogP contribution >= 0.6 is 0 Å². The summed E-state index contributed by atoms with van der Waals surface area (Å²) < 4.78 is 16.8. The summed E-state index contributed by atoms with van der Waals surface area (Å²) in [6.07, 6.45) is 72.2. The summed E-state index contributed by atoms with van der Waals surface area (Å²) in [5.41, 5.74) is 0. The summed E-state index contributed by atoms with van der Waals surface area (Å²) >= 11 is 0. The minimum absolute atomic E-state index is 0.0684. The Labute approximate surface area is 443 Å². The van der Waals surface area contributed by atoms with E-state index in [2.05, 4.69) is 45.1 Å². The van der Waals surface area contributed by atoms with Crippen LogP contribution in [0.3, 0.4) is 0 Å². The van der Waals surface area contributed by atoms with Gasteiger partial charge in [-0.1, -0.05) is 295 Å². The maximum atomic E-state index is 12.8. The quantitative estimate of drug-likeness (QED) is 0.0261. The molecule has 0 aromatic carbocycles. The van der Waals surface area contributed by atoms with E-state index < -0.39 is 6.10 Å². The molecule has 0 saturated carbocycles. The minimum Gasteiger partial charge on any atom is -0.462 e. The van der Waals surface area contributed by atoms with Gasteiger partial charge < -0.3 is 14.2 Å². The Bertz CT molecular complexity index is 1150. The number of carbonyl (C=O) groups is 3. The molecular weight excluding hydrogens is 877 g/mol. The number of hydrogen-bond donors (Lipinski definition) is 0. The van der Waals surface area contributed by atoms with Gasteiger partial charge in [0.15, 0.2) is 6.10 Å². The molecule has 0 bridgehead atoms. The van der Waals surface area contributed by atoms with E-state index in [0.29, 0.717) is 19.3 Å². The Balaban J connectivity index is 4.00. The normalized spacial score (nSPS) is 12.1. The van der Waals surface area contributed by atoms with Crippen molar-refractivity contribution in [1.82, 2.24) is 0 Å². The molecule has 0 aliphatic heterocycles. The van der Waals surface area contributed by atoms with E-state index >= 15 is 0 Å². The van der Waals surface area contributed by atoms with Gasteiger partial charge in [0.1, 0.15) is 13.2 Å². The van der Waals surface area contributed by atoms with Gasteiger partial charge in [-0.05, 0) is 64.2 Å². The number of allylic oxidation sites excluding steroid dienone is 4. The molecule has 0 rings (SSSR count). The van der Waals surface area contributed by atoms with E-state index in [-0.39, 0.29) is 31.1 Å². The lowest BCUT2D eigenvalue weighted by molar-refractivity contribution is -0.167. The second-order valence-electron chi connectivity index (χ2n) is 21.7. The number of rotatable bonds is 59. The largest absolute Gasteiger partial charge is 0.462 e. The summed E-state index contributed by atoms with van der Waals surface area (Å²) in [6, 6.07) is 0. The van der Waals surface area contributed by atoms with Crippen molar-refractivity contribution in [2.45, 2.75) is 361 Å². The molecule has 6 nitrogen and oxygen atoms in total. The fourth-order valence-corrected chi connectivity index (χ4v) is 9.62. The highest BCUT2D eigenvalue weighted by Crippen LogP contribution is 2.18. The molecule has 0 fully saturated rings. The van der Waals surface area contributed by atoms with Gasteiger partial charge in [0.2, 0.25) is 0 Å². The van der Waals surface area contributed by atoms with Crippen LogP contribution in [0, 0.1) is 0 Å². The summed E-state index contributed by atoms with van der Waals surface area (Å²) in [5.74, 6) is -0.859. The van der Waals surface area contributed by atoms with Crippen LogP contribution in [-0.4, -0.2) is 37.2 Å². The van der Waals surface area contributed by atoms with Gasteiger partial charge in [0.05, 0.1) is 0 Å². The van der Waals surface area contributed by atoms with Crippen LogP contribution in [0.2, 0.25) is 0 Å². The van der Waals surface area contributed by atoms with Crippen LogP contribution in [0.5, 0.6) is 0 Å². The lowest BCUT2D eigenvalue weighted by Gasteiger charge is -2.18. The van der Waals surface area contributed by atoms with Crippen molar-refractivity contribution in [3.63, 3.8) is 0 Å². The van der Waals surface area contributed by atoms with Gasteiger partial charge in [0.25, 0.3) is 0 Å². The Hall–Kier alpha value is -2.11. The Kier molecular flexibility index (Phi) is 58.6.